The van der Waals surface area contributed by atoms with Crippen LogP contribution >= 0.6 is 15.9 Å². The number of nitrogens with zero attached hydrogens (tertiary/aromatic N) is 4. The number of hydrogen-bond donors (Lipinski definition) is 0. The predicted molar refractivity (Wildman–Crippen MR) is 68.3 cm³/mol. The third kappa shape index (κ3) is 1.56. The van der Waals surface area contributed by atoms with E-state index >= 15 is 0 Å². The van der Waals surface area contributed by atoms with Crippen molar-refractivity contribution in [1.82, 2.24) is 18.7 Å². The normalized spacial score (nSPS) is 11.3. The maximum Gasteiger partial charge on any atom is 0.332 e. The summed E-state index contributed by atoms with van der Waals surface area (Å²) in [6.45, 7) is 4.67. The van der Waals surface area contributed by atoms with Crippen molar-refractivity contribution >= 4 is 27.1 Å². The van der Waals surface area contributed by atoms with E-state index in [1.54, 1.807) is 18.5 Å². The Morgan fingerprint density at radius 2 is 1.76 bits per heavy atom. The van der Waals surface area contributed by atoms with Gasteiger partial charge in [-0.2, -0.15) is 0 Å². The van der Waals surface area contributed by atoms with Gasteiger partial charge in [0.05, 0.1) is 0 Å². The lowest BCUT2D eigenvalue weighted by Crippen LogP contribution is -2.39. The van der Waals surface area contributed by atoms with Crippen LogP contribution in [0.4, 0.5) is 0 Å². The molecule has 0 aliphatic rings. The van der Waals surface area contributed by atoms with Gasteiger partial charge < -0.3 is 4.57 Å². The molecule has 0 radical (unpaired) electrons. The second kappa shape index (κ2) is 4.14. The van der Waals surface area contributed by atoms with E-state index in [1.165, 1.54) is 9.13 Å². The summed E-state index contributed by atoms with van der Waals surface area (Å²) < 4.78 is 4.93. The Balaban J connectivity index is 3.11. The lowest BCUT2D eigenvalue weighted by atomic mass is 10.5. The molecule has 0 bridgehead atoms. The monoisotopic (exact) mass is 300 g/mol. The van der Waals surface area contributed by atoms with E-state index in [0.717, 1.165) is 0 Å². The highest BCUT2D eigenvalue weighted by Crippen LogP contribution is 2.15. The third-order valence-electron chi connectivity index (χ3n) is 2.82. The molecule has 0 unspecified atom stereocenters. The minimum atomic E-state index is -0.335. The molecule has 0 fully saturated rings. The van der Waals surface area contributed by atoms with Gasteiger partial charge in [-0.15, -0.1) is 0 Å². The summed E-state index contributed by atoms with van der Waals surface area (Å²) >= 11 is 3.30. The third-order valence-corrected chi connectivity index (χ3v) is 3.42. The largest absolute Gasteiger partial charge is 0.332 e. The summed E-state index contributed by atoms with van der Waals surface area (Å²) in [7, 11) is 1.62. The average Bonchev–Trinajstić information content (AvgIpc) is 2.64. The molecule has 0 aliphatic carbocycles. The van der Waals surface area contributed by atoms with Gasteiger partial charge in [0.2, 0.25) is 0 Å². The zero-order valence-electron chi connectivity index (χ0n) is 9.90. The van der Waals surface area contributed by atoms with Gasteiger partial charge in [0.25, 0.3) is 5.56 Å². The van der Waals surface area contributed by atoms with Crippen LogP contribution in [0.3, 0.4) is 0 Å². The summed E-state index contributed by atoms with van der Waals surface area (Å²) in [4.78, 5) is 28.3. The van der Waals surface area contributed by atoms with Crippen molar-refractivity contribution in [3.63, 3.8) is 0 Å². The Morgan fingerprint density at radius 1 is 1.18 bits per heavy atom. The molecule has 0 spiro atoms. The Kier molecular flexibility index (Phi) is 2.94. The van der Waals surface area contributed by atoms with E-state index in [1.807, 2.05) is 6.92 Å². The lowest BCUT2D eigenvalue weighted by Gasteiger charge is -2.06. The van der Waals surface area contributed by atoms with Gasteiger partial charge in [0, 0.05) is 20.1 Å². The smallest absolute Gasteiger partial charge is 0.313 e. The summed E-state index contributed by atoms with van der Waals surface area (Å²) in [5, 5.41) is 0. The number of aromatic nitrogens is 4. The van der Waals surface area contributed by atoms with Crippen LogP contribution in [0.1, 0.15) is 13.8 Å². The highest BCUT2D eigenvalue weighted by molar-refractivity contribution is 9.10. The highest BCUT2D eigenvalue weighted by Gasteiger charge is 2.17. The molecule has 2 aromatic heterocycles. The molecule has 2 rings (SSSR count). The van der Waals surface area contributed by atoms with Crippen LogP contribution in [0.15, 0.2) is 14.3 Å². The first-order valence-corrected chi connectivity index (χ1v) is 6.17. The second-order valence-electron chi connectivity index (χ2n) is 3.69. The van der Waals surface area contributed by atoms with Crippen LogP contribution in [0.5, 0.6) is 0 Å². The minimum absolute atomic E-state index is 0.286. The van der Waals surface area contributed by atoms with Crippen molar-refractivity contribution in [2.45, 2.75) is 26.9 Å². The summed E-state index contributed by atoms with van der Waals surface area (Å²) in [5.74, 6) is 0. The summed E-state index contributed by atoms with van der Waals surface area (Å²) in [6, 6.07) is 0. The standard InChI is InChI=1S/C10H13BrN4O2/c1-4-14-6-7(12-9(14)11)13(3)10(17)15(5-2)8(6)16/h4-5H2,1-3H3. The van der Waals surface area contributed by atoms with Crippen molar-refractivity contribution in [3.8, 4) is 0 Å². The number of fused-ring (bicyclic) bond motifs is 1. The number of halogens is 1. The van der Waals surface area contributed by atoms with Gasteiger partial charge in [-0.05, 0) is 29.8 Å². The van der Waals surface area contributed by atoms with Gasteiger partial charge >= 0.3 is 5.69 Å². The van der Waals surface area contributed by atoms with Gasteiger partial charge in [-0.25, -0.2) is 9.78 Å². The number of imidazole rings is 1. The molecule has 2 heterocycles. The second-order valence-corrected chi connectivity index (χ2v) is 4.40. The van der Waals surface area contributed by atoms with Crippen molar-refractivity contribution in [3.05, 3.63) is 25.6 Å². The van der Waals surface area contributed by atoms with E-state index in [2.05, 4.69) is 20.9 Å². The Labute approximate surface area is 106 Å². The highest BCUT2D eigenvalue weighted by atomic mass is 79.9. The fourth-order valence-electron chi connectivity index (χ4n) is 1.91. The molecule has 0 aliphatic heterocycles. The topological polar surface area (TPSA) is 61.8 Å². The maximum atomic E-state index is 12.2. The van der Waals surface area contributed by atoms with Crippen LogP contribution in [0.2, 0.25) is 0 Å². The summed E-state index contributed by atoms with van der Waals surface area (Å²) in [5.41, 5.74) is 0.255. The molecule has 0 N–H and O–H groups in total. The Hall–Kier alpha value is -1.37. The van der Waals surface area contributed by atoms with E-state index in [9.17, 15) is 9.59 Å². The van der Waals surface area contributed by atoms with Crippen LogP contribution in [0.25, 0.3) is 11.2 Å². The zero-order valence-corrected chi connectivity index (χ0v) is 11.5. The van der Waals surface area contributed by atoms with Crippen molar-refractivity contribution in [2.24, 2.45) is 7.05 Å². The van der Waals surface area contributed by atoms with E-state index in [4.69, 9.17) is 0 Å². The first-order valence-electron chi connectivity index (χ1n) is 5.38. The lowest BCUT2D eigenvalue weighted by molar-refractivity contribution is 0.633. The maximum absolute atomic E-state index is 12.2. The van der Waals surface area contributed by atoms with Gasteiger partial charge in [0.1, 0.15) is 0 Å². The van der Waals surface area contributed by atoms with Crippen LogP contribution in [0, 0.1) is 0 Å². The van der Waals surface area contributed by atoms with Crippen molar-refractivity contribution < 1.29 is 0 Å². The predicted octanol–water partition coefficient (Wildman–Crippen LogP) is 0.699. The molecule has 0 atom stereocenters. The molecule has 2 aromatic rings. The Morgan fingerprint density at radius 3 is 2.29 bits per heavy atom. The molecule has 0 amide bonds. The zero-order chi connectivity index (χ0) is 12.7. The van der Waals surface area contributed by atoms with E-state index < -0.39 is 0 Å². The fourth-order valence-corrected chi connectivity index (χ4v) is 2.51. The van der Waals surface area contributed by atoms with Gasteiger partial charge in [-0.1, -0.05) is 0 Å². The fraction of sp³-hybridized carbons (Fsp3) is 0.500. The van der Waals surface area contributed by atoms with Crippen molar-refractivity contribution in [1.29, 1.82) is 0 Å². The van der Waals surface area contributed by atoms with E-state index in [0.29, 0.717) is 29.0 Å². The van der Waals surface area contributed by atoms with Crippen LogP contribution < -0.4 is 11.2 Å². The molecule has 92 valence electrons. The number of rotatable bonds is 2. The van der Waals surface area contributed by atoms with Crippen LogP contribution in [-0.2, 0) is 20.1 Å². The molecular weight excluding hydrogens is 288 g/mol. The number of hydrogen-bond acceptors (Lipinski definition) is 3. The van der Waals surface area contributed by atoms with Crippen LogP contribution in [-0.4, -0.2) is 18.7 Å². The first kappa shape index (κ1) is 12.1. The number of aryl methyl sites for hydroxylation is 2. The molecule has 7 heteroatoms. The molecule has 0 saturated heterocycles. The quantitative estimate of drug-likeness (QED) is 0.767. The first-order chi connectivity index (χ1) is 8.02. The SMILES string of the molecule is CCn1c(=O)c2c(nc(Br)n2CC)n(C)c1=O. The van der Waals surface area contributed by atoms with Gasteiger partial charge in [-0.3, -0.25) is 13.9 Å². The molecule has 0 saturated carbocycles. The average molecular weight is 301 g/mol. The van der Waals surface area contributed by atoms with E-state index in [-0.39, 0.29) is 11.2 Å². The van der Waals surface area contributed by atoms with Gasteiger partial charge in [0.15, 0.2) is 15.9 Å². The van der Waals surface area contributed by atoms with Crippen molar-refractivity contribution in [2.75, 3.05) is 0 Å². The molecule has 17 heavy (non-hydrogen) atoms. The minimum Gasteiger partial charge on any atom is -0.313 e. The molecule has 6 nitrogen and oxygen atoms in total. The molecule has 0 aromatic carbocycles. The summed E-state index contributed by atoms with van der Waals surface area (Å²) in [6.07, 6.45) is 0. The molecular formula is C10H13BrN4O2. The Bertz CT molecular complexity index is 695.